The number of hydrogen-bond acceptors (Lipinski definition) is 2. The third-order valence-electron chi connectivity index (χ3n) is 3.08. The molecule has 2 heterocycles. The zero-order chi connectivity index (χ0) is 14.0. The summed E-state index contributed by atoms with van der Waals surface area (Å²) in [5.74, 6) is 2.60. The average molecular weight is 301 g/mol. The summed E-state index contributed by atoms with van der Waals surface area (Å²) in [4.78, 5) is 15.6. The minimum Gasteiger partial charge on any atom is -0.339 e. The van der Waals surface area contributed by atoms with Crippen LogP contribution in [0.4, 0.5) is 0 Å². The molecule has 0 aromatic carbocycles. The predicted octanol–water partition coefficient (Wildman–Crippen LogP) is 3.96. The van der Waals surface area contributed by atoms with E-state index in [0.29, 0.717) is 17.7 Å². The second kappa shape index (κ2) is 5.97. The van der Waals surface area contributed by atoms with Crippen LogP contribution in [0.5, 0.6) is 0 Å². The van der Waals surface area contributed by atoms with Crippen LogP contribution in [-0.2, 0) is 18.2 Å². The number of imidazole rings is 2. The molecule has 0 spiro atoms. The summed E-state index contributed by atoms with van der Waals surface area (Å²) < 4.78 is 0. The van der Waals surface area contributed by atoms with Gasteiger partial charge in [0.05, 0.1) is 23.1 Å². The molecule has 104 valence electrons. The van der Waals surface area contributed by atoms with E-state index in [4.69, 9.17) is 23.2 Å². The fourth-order valence-electron chi connectivity index (χ4n) is 2.08. The molecule has 0 saturated heterocycles. The summed E-state index contributed by atoms with van der Waals surface area (Å²) in [6.07, 6.45) is 0.870. The number of aryl methyl sites for hydroxylation is 1. The van der Waals surface area contributed by atoms with E-state index in [1.807, 2.05) is 0 Å². The minimum atomic E-state index is 0.350. The second-order valence-electron chi connectivity index (χ2n) is 4.73. The van der Waals surface area contributed by atoms with Gasteiger partial charge in [0, 0.05) is 11.4 Å². The number of aromatic nitrogens is 4. The largest absolute Gasteiger partial charge is 0.339 e. The number of aromatic amines is 2. The van der Waals surface area contributed by atoms with Gasteiger partial charge in [-0.1, -0.05) is 20.8 Å². The zero-order valence-electron chi connectivity index (χ0n) is 11.3. The van der Waals surface area contributed by atoms with Gasteiger partial charge in [0.1, 0.15) is 0 Å². The highest BCUT2D eigenvalue weighted by Crippen LogP contribution is 2.24. The molecule has 0 saturated carbocycles. The van der Waals surface area contributed by atoms with Crippen LogP contribution < -0.4 is 0 Å². The van der Waals surface area contributed by atoms with Gasteiger partial charge >= 0.3 is 0 Å². The number of H-pyrrole nitrogens is 2. The average Bonchev–Trinajstić information content (AvgIpc) is 3.01. The topological polar surface area (TPSA) is 57.4 Å². The molecule has 4 nitrogen and oxygen atoms in total. The lowest BCUT2D eigenvalue weighted by Gasteiger charge is -2.01. The van der Waals surface area contributed by atoms with Gasteiger partial charge in [-0.3, -0.25) is 0 Å². The third-order valence-corrected chi connectivity index (χ3v) is 3.59. The number of nitrogens with one attached hydrogen (secondary N) is 2. The third kappa shape index (κ3) is 2.79. The maximum Gasteiger partial charge on any atom is 0.174 e. The molecule has 0 radical (unpaired) electrons. The molecular weight excluding hydrogens is 283 g/mol. The summed E-state index contributed by atoms with van der Waals surface area (Å²) in [7, 11) is 0. The molecule has 0 bridgehead atoms. The number of halogens is 2. The lowest BCUT2D eigenvalue weighted by Crippen LogP contribution is -1.92. The molecule has 2 aromatic heterocycles. The Balaban J connectivity index is 2.44. The second-order valence-corrected chi connectivity index (χ2v) is 5.27. The van der Waals surface area contributed by atoms with E-state index in [9.17, 15) is 0 Å². The van der Waals surface area contributed by atoms with Gasteiger partial charge in [-0.05, 0) is 12.3 Å². The summed E-state index contributed by atoms with van der Waals surface area (Å²) >= 11 is 11.8. The SMILES string of the molecule is CCc1[nH]c(-c2nc(CCl)c(C(C)C)[nH]2)nc1CCl. The van der Waals surface area contributed by atoms with Crippen molar-refractivity contribution < 1.29 is 0 Å². The number of rotatable bonds is 5. The van der Waals surface area contributed by atoms with Crippen molar-refractivity contribution in [2.45, 2.75) is 44.9 Å². The first-order valence-electron chi connectivity index (χ1n) is 6.39. The Labute approximate surface area is 123 Å². The molecule has 2 rings (SSSR count). The summed E-state index contributed by atoms with van der Waals surface area (Å²) in [5.41, 5.74) is 3.88. The summed E-state index contributed by atoms with van der Waals surface area (Å²) in [6.45, 7) is 6.29. The Morgan fingerprint density at radius 1 is 1.00 bits per heavy atom. The Kier molecular flexibility index (Phi) is 4.53. The van der Waals surface area contributed by atoms with Gasteiger partial charge < -0.3 is 9.97 Å². The molecule has 19 heavy (non-hydrogen) atoms. The van der Waals surface area contributed by atoms with E-state index < -0.39 is 0 Å². The van der Waals surface area contributed by atoms with Crippen LogP contribution >= 0.6 is 23.2 Å². The first kappa shape index (κ1) is 14.4. The van der Waals surface area contributed by atoms with Crippen molar-refractivity contribution in [3.8, 4) is 11.6 Å². The Bertz CT molecular complexity index is 535. The fraction of sp³-hybridized carbons (Fsp3) is 0.538. The van der Waals surface area contributed by atoms with E-state index >= 15 is 0 Å². The zero-order valence-corrected chi connectivity index (χ0v) is 12.9. The van der Waals surface area contributed by atoms with E-state index in [1.54, 1.807) is 0 Å². The summed E-state index contributed by atoms with van der Waals surface area (Å²) in [5, 5.41) is 0. The van der Waals surface area contributed by atoms with Gasteiger partial charge in [0.25, 0.3) is 0 Å². The lowest BCUT2D eigenvalue weighted by atomic mass is 10.1. The van der Waals surface area contributed by atoms with Crippen LogP contribution in [0.15, 0.2) is 0 Å². The highest BCUT2D eigenvalue weighted by molar-refractivity contribution is 6.17. The van der Waals surface area contributed by atoms with Gasteiger partial charge in [-0.2, -0.15) is 0 Å². The number of nitrogens with zero attached hydrogens (tertiary/aromatic N) is 2. The first-order valence-corrected chi connectivity index (χ1v) is 7.46. The molecule has 2 N–H and O–H groups in total. The van der Waals surface area contributed by atoms with Crippen molar-refractivity contribution >= 4 is 23.2 Å². The number of alkyl halides is 2. The Morgan fingerprint density at radius 2 is 1.58 bits per heavy atom. The molecule has 0 aliphatic heterocycles. The van der Waals surface area contributed by atoms with Gasteiger partial charge in [-0.25, -0.2) is 9.97 Å². The highest BCUT2D eigenvalue weighted by atomic mass is 35.5. The molecule has 0 unspecified atom stereocenters. The predicted molar refractivity (Wildman–Crippen MR) is 78.8 cm³/mol. The summed E-state index contributed by atoms with van der Waals surface area (Å²) in [6, 6.07) is 0. The van der Waals surface area contributed by atoms with Crippen LogP contribution in [0.1, 0.15) is 49.5 Å². The van der Waals surface area contributed by atoms with E-state index in [-0.39, 0.29) is 0 Å². The molecule has 2 aromatic rings. The fourth-order valence-corrected chi connectivity index (χ4v) is 2.50. The van der Waals surface area contributed by atoms with Gasteiger partial charge in [0.2, 0.25) is 0 Å². The standard InChI is InChI=1S/C13H18Cl2N4/c1-4-8-9(5-14)17-12(16-8)13-18-10(6-15)11(19-13)7(2)3/h7H,4-6H2,1-3H3,(H,16,17)(H,18,19). The van der Waals surface area contributed by atoms with Crippen LogP contribution in [0.3, 0.4) is 0 Å². The minimum absolute atomic E-state index is 0.350. The van der Waals surface area contributed by atoms with Crippen LogP contribution in [0, 0.1) is 0 Å². The van der Waals surface area contributed by atoms with Gasteiger partial charge in [0.15, 0.2) is 11.6 Å². The molecule has 0 atom stereocenters. The van der Waals surface area contributed by atoms with Crippen molar-refractivity contribution in [2.24, 2.45) is 0 Å². The molecule has 0 aliphatic rings. The smallest absolute Gasteiger partial charge is 0.174 e. The van der Waals surface area contributed by atoms with E-state index in [0.717, 1.165) is 40.8 Å². The molecular formula is C13H18Cl2N4. The maximum absolute atomic E-state index is 5.93. The highest BCUT2D eigenvalue weighted by Gasteiger charge is 2.17. The Hall–Kier alpha value is -1.00. The van der Waals surface area contributed by atoms with Crippen molar-refractivity contribution in [1.82, 2.24) is 19.9 Å². The van der Waals surface area contributed by atoms with E-state index in [2.05, 4.69) is 40.7 Å². The first-order chi connectivity index (χ1) is 9.10. The molecule has 0 fully saturated rings. The number of hydrogen-bond donors (Lipinski definition) is 2. The molecule has 0 aliphatic carbocycles. The van der Waals surface area contributed by atoms with E-state index in [1.165, 1.54) is 0 Å². The maximum atomic E-state index is 5.93. The Morgan fingerprint density at radius 3 is 2.00 bits per heavy atom. The molecule has 0 amide bonds. The molecule has 6 heteroatoms. The van der Waals surface area contributed by atoms with Crippen LogP contribution in [0.25, 0.3) is 11.6 Å². The van der Waals surface area contributed by atoms with Crippen molar-refractivity contribution in [3.05, 3.63) is 22.8 Å². The van der Waals surface area contributed by atoms with Crippen LogP contribution in [-0.4, -0.2) is 19.9 Å². The quantitative estimate of drug-likeness (QED) is 0.821. The van der Waals surface area contributed by atoms with Crippen LogP contribution in [0.2, 0.25) is 0 Å². The van der Waals surface area contributed by atoms with Crippen molar-refractivity contribution in [3.63, 3.8) is 0 Å². The lowest BCUT2D eigenvalue weighted by molar-refractivity contribution is 0.820. The monoisotopic (exact) mass is 300 g/mol. The normalized spacial score (nSPS) is 11.5. The van der Waals surface area contributed by atoms with Crippen molar-refractivity contribution in [2.75, 3.05) is 0 Å². The van der Waals surface area contributed by atoms with Crippen molar-refractivity contribution in [1.29, 1.82) is 0 Å². The van der Waals surface area contributed by atoms with Gasteiger partial charge in [-0.15, -0.1) is 23.2 Å².